The second-order valence-corrected chi connectivity index (χ2v) is 4.16. The number of benzene rings is 1. The summed E-state index contributed by atoms with van der Waals surface area (Å²) in [5.74, 6) is -0.915. The van der Waals surface area contributed by atoms with Gasteiger partial charge in [0.05, 0.1) is 0 Å². The first-order valence-corrected chi connectivity index (χ1v) is 5.78. The van der Waals surface area contributed by atoms with Crippen molar-refractivity contribution in [1.82, 2.24) is 0 Å². The third-order valence-corrected chi connectivity index (χ3v) is 3.03. The van der Waals surface area contributed by atoms with Crippen molar-refractivity contribution in [1.29, 1.82) is 0 Å². The molecule has 0 aromatic heterocycles. The topological polar surface area (TPSA) is 35.5 Å². The van der Waals surface area contributed by atoms with Crippen molar-refractivity contribution < 1.29 is 14.3 Å². The number of ketones is 1. The Kier molecular flexibility index (Phi) is 3.75. The highest BCUT2D eigenvalue weighted by molar-refractivity contribution is 6.05. The van der Waals surface area contributed by atoms with Crippen LogP contribution in [0.15, 0.2) is 54.1 Å². The summed E-state index contributed by atoms with van der Waals surface area (Å²) in [6.07, 6.45) is 5.45. The molecule has 0 atom stereocenters. The van der Waals surface area contributed by atoms with E-state index >= 15 is 0 Å². The molecule has 0 heterocycles. The molecule has 2 rings (SSSR count). The van der Waals surface area contributed by atoms with Crippen molar-refractivity contribution in [2.75, 3.05) is 14.2 Å². The lowest BCUT2D eigenvalue weighted by molar-refractivity contribution is -0.137. The Morgan fingerprint density at radius 2 is 1.78 bits per heavy atom. The summed E-state index contributed by atoms with van der Waals surface area (Å²) in [7, 11) is 3.11. The minimum Gasteiger partial charge on any atom is -0.346 e. The van der Waals surface area contributed by atoms with Crippen molar-refractivity contribution in [3.05, 3.63) is 59.7 Å². The van der Waals surface area contributed by atoms with Gasteiger partial charge in [0.25, 0.3) is 0 Å². The summed E-state index contributed by atoms with van der Waals surface area (Å²) in [5, 5.41) is 0. The van der Waals surface area contributed by atoms with Crippen LogP contribution in [0.1, 0.15) is 5.56 Å². The zero-order chi connectivity index (χ0) is 13.0. The fourth-order valence-corrected chi connectivity index (χ4v) is 1.95. The van der Waals surface area contributed by atoms with E-state index in [0.717, 1.165) is 5.56 Å². The van der Waals surface area contributed by atoms with Gasteiger partial charge < -0.3 is 9.47 Å². The molecule has 1 aromatic carbocycles. The number of carbonyl (C=O) groups excluding carboxylic acids is 1. The van der Waals surface area contributed by atoms with Gasteiger partial charge in [-0.2, -0.15) is 0 Å². The van der Waals surface area contributed by atoms with Crippen LogP contribution in [0.25, 0.3) is 0 Å². The van der Waals surface area contributed by atoms with E-state index in [1.165, 1.54) is 6.08 Å². The molecular weight excluding hydrogens is 228 g/mol. The van der Waals surface area contributed by atoms with Crippen LogP contribution in [0.5, 0.6) is 0 Å². The highest BCUT2D eigenvalue weighted by Crippen LogP contribution is 2.24. The van der Waals surface area contributed by atoms with E-state index in [-0.39, 0.29) is 5.78 Å². The first-order valence-electron chi connectivity index (χ1n) is 5.78. The number of carbonyl (C=O) groups is 1. The molecule has 0 saturated carbocycles. The smallest absolute Gasteiger partial charge is 0.208 e. The van der Waals surface area contributed by atoms with E-state index in [2.05, 4.69) is 0 Å². The molecule has 0 aliphatic heterocycles. The van der Waals surface area contributed by atoms with Gasteiger partial charge in [-0.3, -0.25) is 4.79 Å². The van der Waals surface area contributed by atoms with Crippen LogP contribution in [0, 0.1) is 0 Å². The molecule has 1 aromatic rings. The molecule has 3 nitrogen and oxygen atoms in total. The SMILES string of the molecule is COC1(OC)C=CC(=O)C(Cc2ccccc2)=C1. The quantitative estimate of drug-likeness (QED) is 0.762. The van der Waals surface area contributed by atoms with Gasteiger partial charge in [0.2, 0.25) is 5.79 Å². The first kappa shape index (κ1) is 12.7. The van der Waals surface area contributed by atoms with Crippen LogP contribution in [-0.4, -0.2) is 25.8 Å². The lowest BCUT2D eigenvalue weighted by atomic mass is 9.94. The number of rotatable bonds is 4. The molecule has 0 bridgehead atoms. The maximum Gasteiger partial charge on any atom is 0.208 e. The first-order chi connectivity index (χ1) is 8.69. The number of ether oxygens (including phenoxy) is 2. The van der Waals surface area contributed by atoms with Gasteiger partial charge in [-0.1, -0.05) is 30.3 Å². The summed E-state index contributed by atoms with van der Waals surface area (Å²) in [6.45, 7) is 0. The third-order valence-electron chi connectivity index (χ3n) is 3.03. The zero-order valence-electron chi connectivity index (χ0n) is 10.6. The summed E-state index contributed by atoms with van der Waals surface area (Å²) in [6, 6.07) is 9.86. The van der Waals surface area contributed by atoms with E-state index in [0.29, 0.717) is 12.0 Å². The van der Waals surface area contributed by atoms with Crippen molar-refractivity contribution in [3.8, 4) is 0 Å². The van der Waals surface area contributed by atoms with Crippen LogP contribution < -0.4 is 0 Å². The molecular formula is C15H16O3. The minimum atomic E-state index is -0.919. The van der Waals surface area contributed by atoms with Gasteiger partial charge >= 0.3 is 0 Å². The number of hydrogen-bond acceptors (Lipinski definition) is 3. The lowest BCUT2D eigenvalue weighted by Crippen LogP contribution is -2.32. The molecule has 0 unspecified atom stereocenters. The average molecular weight is 244 g/mol. The summed E-state index contributed by atoms with van der Waals surface area (Å²) in [5.41, 5.74) is 1.78. The lowest BCUT2D eigenvalue weighted by Gasteiger charge is -2.27. The van der Waals surface area contributed by atoms with Crippen molar-refractivity contribution in [2.24, 2.45) is 0 Å². The molecule has 18 heavy (non-hydrogen) atoms. The maximum atomic E-state index is 11.9. The summed E-state index contributed by atoms with van der Waals surface area (Å²) >= 11 is 0. The Bertz CT molecular complexity index is 482. The molecule has 94 valence electrons. The normalized spacial score (nSPS) is 17.7. The highest BCUT2D eigenvalue weighted by Gasteiger charge is 2.29. The maximum absolute atomic E-state index is 11.9. The van der Waals surface area contributed by atoms with E-state index < -0.39 is 5.79 Å². The minimum absolute atomic E-state index is 0.00331. The molecule has 0 N–H and O–H groups in total. The van der Waals surface area contributed by atoms with Crippen LogP contribution in [0.2, 0.25) is 0 Å². The Morgan fingerprint density at radius 3 is 2.39 bits per heavy atom. The van der Waals surface area contributed by atoms with E-state index in [1.54, 1.807) is 26.4 Å². The predicted octanol–water partition coefficient (Wildman–Crippen LogP) is 2.28. The van der Waals surface area contributed by atoms with Crippen molar-refractivity contribution >= 4 is 5.78 Å². The van der Waals surface area contributed by atoms with Gasteiger partial charge in [0, 0.05) is 26.2 Å². The monoisotopic (exact) mass is 244 g/mol. The van der Waals surface area contributed by atoms with Gasteiger partial charge in [0.15, 0.2) is 5.78 Å². The number of allylic oxidation sites excluding steroid dienone is 2. The molecule has 3 heteroatoms. The fourth-order valence-electron chi connectivity index (χ4n) is 1.95. The van der Waals surface area contributed by atoms with Crippen LogP contribution in [-0.2, 0) is 20.7 Å². The molecule has 1 aliphatic rings. The standard InChI is InChI=1S/C15H16O3/c1-17-15(18-2)9-8-14(16)13(11-15)10-12-6-4-3-5-7-12/h3-9,11H,10H2,1-2H3. The van der Waals surface area contributed by atoms with Crippen LogP contribution in [0.4, 0.5) is 0 Å². The van der Waals surface area contributed by atoms with Gasteiger partial charge in [-0.05, 0) is 23.8 Å². The van der Waals surface area contributed by atoms with Crippen molar-refractivity contribution in [2.45, 2.75) is 12.2 Å². The highest BCUT2D eigenvalue weighted by atomic mass is 16.7. The zero-order valence-corrected chi connectivity index (χ0v) is 10.6. The molecule has 0 fully saturated rings. The summed E-state index contributed by atoms with van der Waals surface area (Å²) in [4.78, 5) is 11.9. The van der Waals surface area contributed by atoms with Crippen LogP contribution >= 0.6 is 0 Å². The predicted molar refractivity (Wildman–Crippen MR) is 69.1 cm³/mol. The van der Waals surface area contributed by atoms with Crippen LogP contribution in [0.3, 0.4) is 0 Å². The summed E-state index contributed by atoms with van der Waals surface area (Å²) < 4.78 is 10.6. The van der Waals surface area contributed by atoms with E-state index in [4.69, 9.17) is 9.47 Å². The Balaban J connectivity index is 2.26. The van der Waals surface area contributed by atoms with Gasteiger partial charge in [-0.25, -0.2) is 0 Å². The molecule has 0 spiro atoms. The number of hydrogen-bond donors (Lipinski definition) is 0. The average Bonchev–Trinajstić information content (AvgIpc) is 2.43. The molecule has 0 radical (unpaired) electrons. The molecule has 0 amide bonds. The second-order valence-electron chi connectivity index (χ2n) is 4.16. The van der Waals surface area contributed by atoms with E-state index in [1.807, 2.05) is 30.3 Å². The van der Waals surface area contributed by atoms with Crippen molar-refractivity contribution in [3.63, 3.8) is 0 Å². The third kappa shape index (κ3) is 2.58. The largest absolute Gasteiger partial charge is 0.346 e. The Morgan fingerprint density at radius 1 is 1.11 bits per heavy atom. The van der Waals surface area contributed by atoms with Gasteiger partial charge in [0.1, 0.15) is 0 Å². The Labute approximate surface area is 107 Å². The van der Waals surface area contributed by atoms with Gasteiger partial charge in [-0.15, -0.1) is 0 Å². The molecule has 1 aliphatic carbocycles. The second kappa shape index (κ2) is 5.29. The number of methoxy groups -OCH3 is 2. The Hall–Kier alpha value is -1.71. The fraction of sp³-hybridized carbons (Fsp3) is 0.267. The van der Waals surface area contributed by atoms with E-state index in [9.17, 15) is 4.79 Å². The molecule has 0 saturated heterocycles.